The number of carbonyl (C=O) groups excluding carboxylic acids is 3. The Labute approximate surface area is 271 Å². The van der Waals surface area contributed by atoms with E-state index in [1.807, 2.05) is 55.5 Å². The van der Waals surface area contributed by atoms with Crippen molar-refractivity contribution in [2.75, 3.05) is 11.4 Å². The van der Waals surface area contributed by atoms with Gasteiger partial charge in [-0.25, -0.2) is 9.91 Å². The average Bonchev–Trinajstić information content (AvgIpc) is 3.69. The van der Waals surface area contributed by atoms with Crippen LogP contribution in [0.2, 0.25) is 0 Å². The van der Waals surface area contributed by atoms with E-state index in [2.05, 4.69) is 60.4 Å². The Morgan fingerprint density at radius 2 is 1.59 bits per heavy atom. The molecule has 7 rings (SSSR count). The van der Waals surface area contributed by atoms with Gasteiger partial charge in [-0.05, 0) is 85.4 Å². The number of imide groups is 1. The first-order chi connectivity index (χ1) is 21.3. The summed E-state index contributed by atoms with van der Waals surface area (Å²) < 4.78 is 1.96. The second kappa shape index (κ2) is 11.5. The van der Waals surface area contributed by atoms with Crippen LogP contribution in [0.25, 0.3) is 6.08 Å². The van der Waals surface area contributed by atoms with Crippen molar-refractivity contribution in [3.8, 4) is 0 Å². The molecule has 1 saturated heterocycles. The minimum Gasteiger partial charge on any atom is -0.271 e. The van der Waals surface area contributed by atoms with Gasteiger partial charge in [-0.3, -0.25) is 19.4 Å². The fourth-order valence-corrected chi connectivity index (χ4v) is 7.00. The van der Waals surface area contributed by atoms with Crippen LogP contribution < -0.4 is 4.90 Å². The molecule has 222 valence electrons. The highest BCUT2D eigenvalue weighted by atomic mass is 79.9. The zero-order valence-electron chi connectivity index (χ0n) is 23.8. The number of hydrogen-bond acceptors (Lipinski definition) is 7. The lowest BCUT2D eigenvalue weighted by Crippen LogP contribution is -2.45. The molecule has 4 atom stereocenters. The van der Waals surface area contributed by atoms with E-state index in [1.165, 1.54) is 5.01 Å². The SMILES string of the molecule is Cc1ccc(N2C(=O)[C@@H]3N=NN(CC(=O)N4N=C5/C(=C/c6ccc(Br)cc6)CCC[C@@H]5[C@H]4c4ccc(Br)cc4)[C@H]3C2=O)cc1. The summed E-state index contributed by atoms with van der Waals surface area (Å²) in [4.78, 5) is 42.0. The minimum absolute atomic E-state index is 0.0234. The van der Waals surface area contributed by atoms with Gasteiger partial charge in [0.15, 0.2) is 12.1 Å². The molecule has 11 heteroatoms. The van der Waals surface area contributed by atoms with Crippen molar-refractivity contribution >= 4 is 67.1 Å². The van der Waals surface area contributed by atoms with Crippen molar-refractivity contribution in [3.05, 3.63) is 104 Å². The number of halogens is 2. The van der Waals surface area contributed by atoms with Crippen LogP contribution in [-0.4, -0.2) is 52.1 Å². The molecule has 0 bridgehead atoms. The molecular formula is C33H28Br2N6O3. The summed E-state index contributed by atoms with van der Waals surface area (Å²) in [6.45, 7) is 1.71. The normalized spacial score (nSPS) is 25.1. The quantitative estimate of drug-likeness (QED) is 0.277. The second-order valence-electron chi connectivity index (χ2n) is 11.5. The van der Waals surface area contributed by atoms with Gasteiger partial charge < -0.3 is 0 Å². The monoisotopic (exact) mass is 714 g/mol. The summed E-state index contributed by atoms with van der Waals surface area (Å²) in [5, 5.41) is 16.1. The van der Waals surface area contributed by atoms with Crippen LogP contribution in [0.1, 0.15) is 42.0 Å². The number of benzene rings is 3. The molecular weight excluding hydrogens is 688 g/mol. The largest absolute Gasteiger partial charge is 0.271 e. The van der Waals surface area contributed by atoms with Gasteiger partial charge in [0.1, 0.15) is 6.54 Å². The number of carbonyl (C=O) groups is 3. The molecule has 3 aliphatic heterocycles. The van der Waals surface area contributed by atoms with Crippen LogP contribution in [-0.2, 0) is 14.4 Å². The van der Waals surface area contributed by atoms with E-state index in [4.69, 9.17) is 5.10 Å². The molecule has 44 heavy (non-hydrogen) atoms. The third kappa shape index (κ3) is 5.11. The van der Waals surface area contributed by atoms with Crippen molar-refractivity contribution in [2.24, 2.45) is 21.4 Å². The highest BCUT2D eigenvalue weighted by Crippen LogP contribution is 2.45. The van der Waals surface area contributed by atoms with Crippen LogP contribution in [0.3, 0.4) is 0 Å². The molecule has 3 heterocycles. The predicted octanol–water partition coefficient (Wildman–Crippen LogP) is 6.64. The molecule has 9 nitrogen and oxygen atoms in total. The number of hydrogen-bond donors (Lipinski definition) is 0. The van der Waals surface area contributed by atoms with Crippen molar-refractivity contribution in [1.29, 1.82) is 0 Å². The molecule has 0 N–H and O–H groups in total. The Kier molecular flexibility index (Phi) is 7.54. The van der Waals surface area contributed by atoms with E-state index in [0.29, 0.717) is 5.69 Å². The van der Waals surface area contributed by atoms with Gasteiger partial charge in [0.25, 0.3) is 17.7 Å². The van der Waals surface area contributed by atoms with Crippen LogP contribution in [0.5, 0.6) is 0 Å². The smallest absolute Gasteiger partial charge is 0.264 e. The molecule has 0 aromatic heterocycles. The van der Waals surface area contributed by atoms with E-state index >= 15 is 0 Å². The Balaban J connectivity index is 1.18. The third-order valence-electron chi connectivity index (χ3n) is 8.63. The Hall–Kier alpha value is -3.96. The molecule has 1 saturated carbocycles. The topological polar surface area (TPSA) is 98.0 Å². The van der Waals surface area contributed by atoms with Crippen molar-refractivity contribution in [3.63, 3.8) is 0 Å². The highest BCUT2D eigenvalue weighted by molar-refractivity contribution is 9.10. The van der Waals surface area contributed by atoms with Gasteiger partial charge in [-0.2, -0.15) is 10.2 Å². The first kappa shape index (κ1) is 28.8. The van der Waals surface area contributed by atoms with Crippen LogP contribution in [0.15, 0.2) is 103 Å². The van der Waals surface area contributed by atoms with Gasteiger partial charge in [-0.1, -0.05) is 79.0 Å². The second-order valence-corrected chi connectivity index (χ2v) is 13.3. The molecule has 3 aromatic rings. The summed E-state index contributed by atoms with van der Waals surface area (Å²) in [6.07, 6.45) is 4.91. The number of amides is 3. The lowest BCUT2D eigenvalue weighted by atomic mass is 9.77. The van der Waals surface area contributed by atoms with Crippen LogP contribution >= 0.6 is 31.9 Å². The maximum absolute atomic E-state index is 14.1. The van der Waals surface area contributed by atoms with Gasteiger partial charge in [0.05, 0.1) is 17.4 Å². The highest BCUT2D eigenvalue weighted by Gasteiger charge is 2.55. The van der Waals surface area contributed by atoms with Gasteiger partial charge >= 0.3 is 0 Å². The summed E-state index contributed by atoms with van der Waals surface area (Å²) >= 11 is 7.03. The average molecular weight is 716 g/mol. The first-order valence-electron chi connectivity index (χ1n) is 14.5. The number of allylic oxidation sites excluding steroid dienone is 1. The molecule has 1 aliphatic carbocycles. The maximum atomic E-state index is 14.1. The van der Waals surface area contributed by atoms with E-state index in [-0.39, 0.29) is 24.4 Å². The number of aryl methyl sites for hydroxylation is 1. The predicted molar refractivity (Wildman–Crippen MR) is 173 cm³/mol. The lowest BCUT2D eigenvalue weighted by Gasteiger charge is -2.30. The number of nitrogens with zero attached hydrogens (tertiary/aromatic N) is 6. The standard InChI is InChI=1S/C33H28Br2N6O3/c1-19-5-15-25(16-6-19)40-32(43)29-31(33(40)44)39(38-36-29)18-27(42)41-30(21-9-13-24(35)14-10-21)26-4-2-3-22(28(26)37-41)17-20-7-11-23(34)12-8-20/h5-17,26,29-31H,2-4,18H2,1H3/b22-17+/t26-,29+,30+,31+/m0/s1. The van der Waals surface area contributed by atoms with Crippen LogP contribution in [0, 0.1) is 12.8 Å². The fraction of sp³-hybridized carbons (Fsp3) is 0.273. The van der Waals surface area contributed by atoms with E-state index in [0.717, 1.165) is 61.1 Å². The van der Waals surface area contributed by atoms with E-state index in [9.17, 15) is 14.4 Å². The number of rotatable bonds is 5. The minimum atomic E-state index is -0.980. The van der Waals surface area contributed by atoms with Crippen molar-refractivity contribution in [2.45, 2.75) is 44.3 Å². The third-order valence-corrected chi connectivity index (χ3v) is 9.68. The Bertz CT molecular complexity index is 1740. The molecule has 3 amide bonds. The van der Waals surface area contributed by atoms with Gasteiger partial charge in [0.2, 0.25) is 0 Å². The molecule has 3 aromatic carbocycles. The molecule has 0 unspecified atom stereocenters. The zero-order valence-corrected chi connectivity index (χ0v) is 27.0. The summed E-state index contributed by atoms with van der Waals surface area (Å²) in [6, 6.07) is 21.0. The Morgan fingerprint density at radius 1 is 0.909 bits per heavy atom. The molecule has 2 fully saturated rings. The first-order valence-corrected chi connectivity index (χ1v) is 16.1. The fourth-order valence-electron chi connectivity index (χ4n) is 6.47. The zero-order chi connectivity index (χ0) is 30.5. The summed E-state index contributed by atoms with van der Waals surface area (Å²) in [7, 11) is 0. The summed E-state index contributed by atoms with van der Waals surface area (Å²) in [5.41, 5.74) is 5.59. The number of hydrazone groups is 1. The molecule has 0 radical (unpaired) electrons. The van der Waals surface area contributed by atoms with Crippen molar-refractivity contribution in [1.82, 2.24) is 10.0 Å². The van der Waals surface area contributed by atoms with E-state index in [1.54, 1.807) is 17.1 Å². The maximum Gasteiger partial charge on any atom is 0.264 e. The van der Waals surface area contributed by atoms with Gasteiger partial charge in [-0.15, -0.1) is 0 Å². The number of fused-ring (bicyclic) bond motifs is 2. The molecule has 0 spiro atoms. The number of anilines is 1. The van der Waals surface area contributed by atoms with Crippen molar-refractivity contribution < 1.29 is 14.4 Å². The summed E-state index contributed by atoms with van der Waals surface area (Å²) in [5.74, 6) is -1.16. The molecule has 4 aliphatic rings. The Morgan fingerprint density at radius 3 is 2.30 bits per heavy atom. The lowest BCUT2D eigenvalue weighted by molar-refractivity contribution is -0.136. The van der Waals surface area contributed by atoms with Gasteiger partial charge in [0, 0.05) is 14.9 Å². The van der Waals surface area contributed by atoms with E-state index < -0.39 is 23.9 Å². The van der Waals surface area contributed by atoms with Crippen LogP contribution in [0.4, 0.5) is 5.69 Å².